The van der Waals surface area contributed by atoms with Crippen LogP contribution < -0.4 is 11.1 Å². The van der Waals surface area contributed by atoms with Crippen LogP contribution in [0, 0.1) is 11.3 Å². The molecular formula is C15H16N4O. The highest BCUT2D eigenvalue weighted by Gasteiger charge is 2.12. The van der Waals surface area contributed by atoms with Gasteiger partial charge in [0.1, 0.15) is 6.07 Å². The Bertz CT molecular complexity index is 607. The Balaban J connectivity index is 2.13. The maximum absolute atomic E-state index is 9.47. The molecule has 0 aliphatic carbocycles. The molecule has 1 aromatic heterocycles. The predicted molar refractivity (Wildman–Crippen MR) is 78.0 cm³/mol. The maximum atomic E-state index is 9.47. The molecule has 0 aliphatic rings. The number of nitriles is 1. The number of aromatic nitrogens is 1. The molecular weight excluding hydrogens is 252 g/mol. The predicted octanol–water partition coefficient (Wildman–Crippen LogP) is 1.55. The molecule has 0 spiro atoms. The van der Waals surface area contributed by atoms with E-state index in [1.54, 1.807) is 6.07 Å². The molecule has 0 radical (unpaired) electrons. The molecule has 5 nitrogen and oxygen atoms in total. The highest BCUT2D eigenvalue weighted by Crippen LogP contribution is 2.20. The molecule has 0 bridgehead atoms. The quantitative estimate of drug-likeness (QED) is 0.764. The summed E-state index contributed by atoms with van der Waals surface area (Å²) in [6, 6.07) is 13.2. The van der Waals surface area contributed by atoms with Crippen LogP contribution in [0.2, 0.25) is 0 Å². The highest BCUT2D eigenvalue weighted by molar-refractivity contribution is 5.69. The van der Waals surface area contributed by atoms with E-state index in [1.807, 2.05) is 36.4 Å². The van der Waals surface area contributed by atoms with Gasteiger partial charge in [0, 0.05) is 6.20 Å². The van der Waals surface area contributed by atoms with E-state index < -0.39 is 0 Å². The summed E-state index contributed by atoms with van der Waals surface area (Å²) >= 11 is 0. The number of nitrogens with two attached hydrogens (primary N) is 1. The summed E-state index contributed by atoms with van der Waals surface area (Å²) in [5.41, 5.74) is 7.65. The Kier molecular flexibility index (Phi) is 4.53. The molecule has 0 amide bonds. The molecule has 2 aromatic rings. The Labute approximate surface area is 117 Å². The van der Waals surface area contributed by atoms with Crippen LogP contribution in [0.25, 0.3) is 0 Å². The molecule has 0 aliphatic heterocycles. The largest absolute Gasteiger partial charge is 0.395 e. The molecule has 4 N–H and O–H groups in total. The summed E-state index contributed by atoms with van der Waals surface area (Å²) in [7, 11) is 0. The van der Waals surface area contributed by atoms with Crippen molar-refractivity contribution in [2.45, 2.75) is 12.5 Å². The van der Waals surface area contributed by atoms with Gasteiger partial charge in [0.05, 0.1) is 23.9 Å². The van der Waals surface area contributed by atoms with E-state index >= 15 is 0 Å². The summed E-state index contributed by atoms with van der Waals surface area (Å²) in [5, 5.41) is 21.5. The van der Waals surface area contributed by atoms with Gasteiger partial charge in [0.2, 0.25) is 0 Å². The second-order valence-electron chi connectivity index (χ2n) is 4.45. The third-order valence-electron chi connectivity index (χ3n) is 3.00. The lowest BCUT2D eigenvalue weighted by atomic mass is 10.1. The van der Waals surface area contributed by atoms with Crippen molar-refractivity contribution in [2.75, 3.05) is 17.7 Å². The summed E-state index contributed by atoms with van der Waals surface area (Å²) in [4.78, 5) is 4.12. The van der Waals surface area contributed by atoms with Crippen LogP contribution in [0.15, 0.2) is 42.6 Å². The lowest BCUT2D eigenvalue weighted by Crippen LogP contribution is -2.27. The van der Waals surface area contributed by atoms with E-state index in [4.69, 9.17) is 11.0 Å². The molecule has 102 valence electrons. The molecule has 1 aromatic carbocycles. The molecule has 2 rings (SSSR count). The zero-order chi connectivity index (χ0) is 14.4. The SMILES string of the molecule is N#Cc1ccnc(NC(CO)Cc2ccccc2)c1N. The third kappa shape index (κ3) is 3.25. The fraction of sp³-hybridized carbons (Fsp3) is 0.200. The zero-order valence-corrected chi connectivity index (χ0v) is 11.0. The number of hydrogen-bond acceptors (Lipinski definition) is 5. The van der Waals surface area contributed by atoms with Gasteiger partial charge in [0.15, 0.2) is 5.82 Å². The number of aliphatic hydroxyl groups excluding tert-OH is 1. The fourth-order valence-corrected chi connectivity index (χ4v) is 1.94. The molecule has 1 unspecified atom stereocenters. The highest BCUT2D eigenvalue weighted by atomic mass is 16.3. The Morgan fingerprint density at radius 2 is 2.05 bits per heavy atom. The second-order valence-corrected chi connectivity index (χ2v) is 4.45. The van der Waals surface area contributed by atoms with Crippen molar-refractivity contribution >= 4 is 11.5 Å². The summed E-state index contributed by atoms with van der Waals surface area (Å²) in [6.07, 6.45) is 2.17. The van der Waals surface area contributed by atoms with E-state index in [0.717, 1.165) is 5.56 Å². The van der Waals surface area contributed by atoms with Crippen LogP contribution in [-0.2, 0) is 6.42 Å². The fourth-order valence-electron chi connectivity index (χ4n) is 1.94. The van der Waals surface area contributed by atoms with Crippen LogP contribution >= 0.6 is 0 Å². The van der Waals surface area contributed by atoms with E-state index in [1.165, 1.54) is 6.20 Å². The summed E-state index contributed by atoms with van der Waals surface area (Å²) in [5.74, 6) is 0.430. The van der Waals surface area contributed by atoms with Gasteiger partial charge in [-0.25, -0.2) is 4.98 Å². The minimum Gasteiger partial charge on any atom is -0.395 e. The van der Waals surface area contributed by atoms with Crippen molar-refractivity contribution in [3.05, 3.63) is 53.7 Å². The second kappa shape index (κ2) is 6.55. The maximum Gasteiger partial charge on any atom is 0.150 e. The Morgan fingerprint density at radius 3 is 2.70 bits per heavy atom. The van der Waals surface area contributed by atoms with Crippen molar-refractivity contribution in [2.24, 2.45) is 0 Å². The van der Waals surface area contributed by atoms with Crippen molar-refractivity contribution in [3.63, 3.8) is 0 Å². The summed E-state index contributed by atoms with van der Waals surface area (Å²) in [6.45, 7) is -0.0488. The normalized spacial score (nSPS) is 11.6. The standard InChI is InChI=1S/C15H16N4O/c16-9-12-6-7-18-15(14(12)17)19-13(10-20)8-11-4-2-1-3-5-11/h1-7,13,20H,8,10,17H2,(H,18,19). The van der Waals surface area contributed by atoms with E-state index in [9.17, 15) is 5.11 Å². The van der Waals surface area contributed by atoms with Gasteiger partial charge >= 0.3 is 0 Å². The first-order valence-electron chi connectivity index (χ1n) is 6.30. The number of aliphatic hydroxyl groups is 1. The van der Waals surface area contributed by atoms with Gasteiger partial charge in [-0.3, -0.25) is 0 Å². The first kappa shape index (κ1) is 13.8. The van der Waals surface area contributed by atoms with E-state index in [-0.39, 0.29) is 12.6 Å². The van der Waals surface area contributed by atoms with Crippen LogP contribution in [-0.4, -0.2) is 22.7 Å². The number of hydrogen-bond donors (Lipinski definition) is 3. The molecule has 1 atom stereocenters. The van der Waals surface area contributed by atoms with Crippen molar-refractivity contribution in [1.29, 1.82) is 5.26 Å². The number of benzene rings is 1. The lowest BCUT2D eigenvalue weighted by molar-refractivity contribution is 0.273. The molecule has 1 heterocycles. The topological polar surface area (TPSA) is 95.0 Å². The first-order chi connectivity index (χ1) is 9.74. The minimum atomic E-state index is -0.207. The molecule has 0 saturated carbocycles. The Hall–Kier alpha value is -2.58. The number of nitrogens with one attached hydrogen (secondary N) is 1. The molecule has 20 heavy (non-hydrogen) atoms. The van der Waals surface area contributed by atoms with Crippen LogP contribution in [0.4, 0.5) is 11.5 Å². The number of anilines is 2. The average molecular weight is 268 g/mol. The third-order valence-corrected chi connectivity index (χ3v) is 3.00. The van der Waals surface area contributed by atoms with Gasteiger partial charge in [0.25, 0.3) is 0 Å². The molecule has 5 heteroatoms. The summed E-state index contributed by atoms with van der Waals surface area (Å²) < 4.78 is 0. The Morgan fingerprint density at radius 1 is 1.30 bits per heavy atom. The number of nitrogen functional groups attached to an aromatic ring is 1. The average Bonchev–Trinajstić information content (AvgIpc) is 2.49. The molecule has 0 fully saturated rings. The first-order valence-corrected chi connectivity index (χ1v) is 6.30. The van der Waals surface area contributed by atoms with Crippen LogP contribution in [0.3, 0.4) is 0 Å². The smallest absolute Gasteiger partial charge is 0.150 e. The van der Waals surface area contributed by atoms with Gasteiger partial charge < -0.3 is 16.2 Å². The minimum absolute atomic E-state index is 0.0488. The van der Waals surface area contributed by atoms with Crippen LogP contribution in [0.1, 0.15) is 11.1 Å². The van der Waals surface area contributed by atoms with E-state index in [2.05, 4.69) is 10.3 Å². The van der Waals surface area contributed by atoms with Crippen molar-refractivity contribution < 1.29 is 5.11 Å². The van der Waals surface area contributed by atoms with Gasteiger partial charge in [-0.15, -0.1) is 0 Å². The number of pyridine rings is 1. The molecule has 0 saturated heterocycles. The van der Waals surface area contributed by atoms with E-state index in [0.29, 0.717) is 23.5 Å². The van der Waals surface area contributed by atoms with Crippen LogP contribution in [0.5, 0.6) is 0 Å². The number of nitrogens with zero attached hydrogens (tertiary/aromatic N) is 2. The monoisotopic (exact) mass is 268 g/mol. The van der Waals surface area contributed by atoms with Gasteiger partial charge in [-0.1, -0.05) is 30.3 Å². The van der Waals surface area contributed by atoms with Crippen molar-refractivity contribution in [1.82, 2.24) is 4.98 Å². The van der Waals surface area contributed by atoms with Gasteiger partial charge in [-0.05, 0) is 18.1 Å². The number of rotatable bonds is 5. The lowest BCUT2D eigenvalue weighted by Gasteiger charge is -2.18. The van der Waals surface area contributed by atoms with Gasteiger partial charge in [-0.2, -0.15) is 5.26 Å². The zero-order valence-electron chi connectivity index (χ0n) is 11.0. The van der Waals surface area contributed by atoms with Crippen molar-refractivity contribution in [3.8, 4) is 6.07 Å².